The summed E-state index contributed by atoms with van der Waals surface area (Å²) in [5, 5.41) is 29.5. The summed E-state index contributed by atoms with van der Waals surface area (Å²) in [7, 11) is 0. The normalized spacial score (nSPS) is 16.9. The number of thioether (sulfide) groups is 1. The van der Waals surface area contributed by atoms with E-state index in [4.69, 9.17) is 43.4 Å². The van der Waals surface area contributed by atoms with Gasteiger partial charge in [0.15, 0.2) is 0 Å². The second-order valence-electron chi connectivity index (χ2n) is 14.1. The van der Waals surface area contributed by atoms with Crippen LogP contribution in [0, 0.1) is 10.1 Å². The molecule has 2 heterocycles. The Labute approximate surface area is 371 Å². The molecule has 3 rings (SSSR count). The highest BCUT2D eigenvalue weighted by Crippen LogP contribution is 2.33. The molecule has 2 aliphatic rings. The van der Waals surface area contributed by atoms with E-state index in [1.54, 1.807) is 0 Å². The Morgan fingerprint density at radius 2 is 1.41 bits per heavy atom. The molecular formula is C39H63N9O14S. The average molecular weight is 914 g/mol. The second kappa shape index (κ2) is 33.1. The lowest BCUT2D eigenvalue weighted by atomic mass is 10.0. The van der Waals surface area contributed by atoms with Gasteiger partial charge in [-0.2, -0.15) is 11.8 Å². The Hall–Kier alpha value is -4.52. The van der Waals surface area contributed by atoms with Gasteiger partial charge in [-0.3, -0.25) is 19.7 Å². The second-order valence-corrected chi connectivity index (χ2v) is 15.4. The molecule has 2 saturated heterocycles. The smallest absolute Gasteiger partial charge is 0.407 e. The number of hydrogen-bond donors (Lipinski definition) is 5. The fraction of sp³-hybridized carbons (Fsp3) is 0.744. The highest BCUT2D eigenvalue weighted by Gasteiger charge is 2.42. The maximum atomic E-state index is 12.4. The van der Waals surface area contributed by atoms with E-state index in [-0.39, 0.29) is 80.4 Å². The molecule has 0 saturated carbocycles. The van der Waals surface area contributed by atoms with Crippen LogP contribution >= 0.6 is 11.8 Å². The van der Waals surface area contributed by atoms with Crippen LogP contribution in [0.5, 0.6) is 0 Å². The fourth-order valence-electron chi connectivity index (χ4n) is 6.23. The highest BCUT2D eigenvalue weighted by molar-refractivity contribution is 8.00. The SMILES string of the molecule is CC(OC(=O)NCCOCCOCCOCCN=[N+]=[N-])c1cc(CNC(=O)CCOCCOCCOCCOCCNC(=O)CCCC[C@@H]2SC[C@@H]3NC(=O)N[C@@H]32)ccc1[N+](=O)[O-]. The monoisotopic (exact) mass is 913 g/mol. The van der Waals surface area contributed by atoms with Crippen LogP contribution in [0.15, 0.2) is 23.3 Å². The Balaban J connectivity index is 1.11. The van der Waals surface area contributed by atoms with Gasteiger partial charge < -0.3 is 64.5 Å². The Morgan fingerprint density at radius 3 is 2.05 bits per heavy atom. The van der Waals surface area contributed by atoms with Gasteiger partial charge in [-0.1, -0.05) is 17.6 Å². The summed E-state index contributed by atoms with van der Waals surface area (Å²) in [6.45, 7) is 6.98. The molecule has 0 spiro atoms. The minimum atomic E-state index is -0.960. The average Bonchev–Trinajstić information content (AvgIpc) is 3.83. The van der Waals surface area contributed by atoms with Gasteiger partial charge in [0, 0.05) is 61.0 Å². The number of carbonyl (C=O) groups is 4. The molecule has 5 N–H and O–H groups in total. The van der Waals surface area contributed by atoms with Gasteiger partial charge in [-0.25, -0.2) is 9.59 Å². The van der Waals surface area contributed by atoms with Gasteiger partial charge in [-0.15, -0.1) is 0 Å². The summed E-state index contributed by atoms with van der Waals surface area (Å²) >= 11 is 1.88. The number of ether oxygens (including phenoxy) is 8. The molecule has 23 nitrogen and oxygen atoms in total. The fourth-order valence-corrected chi connectivity index (χ4v) is 7.77. The van der Waals surface area contributed by atoms with E-state index in [2.05, 4.69) is 36.6 Å². The van der Waals surface area contributed by atoms with E-state index in [0.717, 1.165) is 25.0 Å². The van der Waals surface area contributed by atoms with E-state index < -0.39 is 17.1 Å². The largest absolute Gasteiger partial charge is 0.441 e. The van der Waals surface area contributed by atoms with Crippen molar-refractivity contribution in [3.63, 3.8) is 0 Å². The Bertz CT molecular complexity index is 1580. The molecular weight excluding hydrogens is 851 g/mol. The molecule has 1 aromatic rings. The number of benzene rings is 1. The number of nitro groups is 1. The van der Waals surface area contributed by atoms with Crippen molar-refractivity contribution in [2.45, 2.75) is 69.0 Å². The number of unbranched alkanes of at least 4 members (excludes halogenated alkanes) is 1. The molecule has 4 atom stereocenters. The van der Waals surface area contributed by atoms with Crippen LogP contribution in [0.3, 0.4) is 0 Å². The van der Waals surface area contributed by atoms with Gasteiger partial charge in [0.25, 0.3) is 5.69 Å². The zero-order valence-corrected chi connectivity index (χ0v) is 36.7. The van der Waals surface area contributed by atoms with Crippen LogP contribution in [-0.4, -0.2) is 164 Å². The van der Waals surface area contributed by atoms with E-state index in [1.807, 2.05) is 11.8 Å². The maximum Gasteiger partial charge on any atom is 0.407 e. The lowest BCUT2D eigenvalue weighted by Crippen LogP contribution is -2.36. The van der Waals surface area contributed by atoms with Crippen LogP contribution in [0.4, 0.5) is 15.3 Å². The molecule has 1 aromatic carbocycles. The van der Waals surface area contributed by atoms with Crippen molar-refractivity contribution >= 4 is 41.4 Å². The number of nitrogens with zero attached hydrogens (tertiary/aromatic N) is 4. The predicted octanol–water partition coefficient (Wildman–Crippen LogP) is 2.66. The number of amides is 5. The lowest BCUT2D eigenvalue weighted by molar-refractivity contribution is -0.386. The summed E-state index contributed by atoms with van der Waals surface area (Å²) in [4.78, 5) is 62.1. The minimum absolute atomic E-state index is 0.00454. The van der Waals surface area contributed by atoms with Crippen molar-refractivity contribution < 1.29 is 62.0 Å². The van der Waals surface area contributed by atoms with E-state index >= 15 is 0 Å². The number of rotatable bonds is 37. The molecule has 0 aromatic heterocycles. The summed E-state index contributed by atoms with van der Waals surface area (Å²) in [5.41, 5.74) is 8.72. The molecule has 2 fully saturated rings. The van der Waals surface area contributed by atoms with Crippen molar-refractivity contribution in [1.82, 2.24) is 26.6 Å². The number of alkyl carbamates (subject to hydrolysis) is 1. The third-order valence-electron chi connectivity index (χ3n) is 9.40. The minimum Gasteiger partial charge on any atom is -0.441 e. The molecule has 0 bridgehead atoms. The topological polar surface area (TPSA) is 294 Å². The Kier molecular flexibility index (Phi) is 27.7. The Morgan fingerprint density at radius 1 is 0.825 bits per heavy atom. The molecule has 354 valence electrons. The highest BCUT2D eigenvalue weighted by atomic mass is 32.2. The standard InChI is InChI=1S/C39H63N9O14S/c1-29(62-39(52)42-10-14-57-18-22-60-23-19-58-15-11-44-47-40)31-26-30(6-7-33(31)48(53)54)27-43-36(50)8-12-55-16-20-59-24-25-61-21-17-56-13-9-41-35(49)5-3-2-4-34-37-32(28-63-34)45-38(51)46-37/h6-7,26,29,32,34,37H,2-5,8-25,27-28H2,1H3,(H,41,49)(H,42,52)(H,43,50)(H2,45,46,51)/t29?,32-,34-,37-/m0/s1. The molecule has 0 radical (unpaired) electrons. The third kappa shape index (κ3) is 23.7. The van der Waals surface area contributed by atoms with Crippen LogP contribution in [-0.2, 0) is 54.0 Å². The molecule has 2 aliphatic heterocycles. The van der Waals surface area contributed by atoms with Gasteiger partial charge in [-0.05, 0) is 36.9 Å². The van der Waals surface area contributed by atoms with Crippen molar-refractivity contribution in [2.75, 3.05) is 118 Å². The number of nitro benzene ring substituents is 1. The van der Waals surface area contributed by atoms with E-state index in [9.17, 15) is 29.3 Å². The molecule has 1 unspecified atom stereocenters. The van der Waals surface area contributed by atoms with Crippen molar-refractivity contribution in [2.24, 2.45) is 5.11 Å². The summed E-state index contributed by atoms with van der Waals surface area (Å²) in [6.07, 6.45) is 1.56. The van der Waals surface area contributed by atoms with Crippen molar-refractivity contribution in [3.05, 3.63) is 49.9 Å². The van der Waals surface area contributed by atoms with Crippen LogP contribution < -0.4 is 26.6 Å². The first-order valence-electron chi connectivity index (χ1n) is 21.2. The summed E-state index contributed by atoms with van der Waals surface area (Å²) in [5.74, 6) is 0.664. The molecule has 63 heavy (non-hydrogen) atoms. The number of azide groups is 1. The zero-order valence-electron chi connectivity index (χ0n) is 35.9. The third-order valence-corrected chi connectivity index (χ3v) is 10.9. The first-order chi connectivity index (χ1) is 30.7. The van der Waals surface area contributed by atoms with E-state index in [1.165, 1.54) is 25.1 Å². The summed E-state index contributed by atoms with van der Waals surface area (Å²) in [6, 6.07) is 4.68. The maximum absolute atomic E-state index is 12.4. The van der Waals surface area contributed by atoms with Crippen molar-refractivity contribution in [1.29, 1.82) is 0 Å². The van der Waals surface area contributed by atoms with Crippen LogP contribution in [0.1, 0.15) is 56.3 Å². The van der Waals surface area contributed by atoms with E-state index in [0.29, 0.717) is 103 Å². The van der Waals surface area contributed by atoms with Gasteiger partial charge in [0.05, 0.1) is 115 Å². The quantitative estimate of drug-likeness (QED) is 0.0122. The first-order valence-corrected chi connectivity index (χ1v) is 22.2. The van der Waals surface area contributed by atoms with Gasteiger partial charge in [0.1, 0.15) is 6.10 Å². The lowest BCUT2D eigenvalue weighted by Gasteiger charge is -2.16. The van der Waals surface area contributed by atoms with Crippen molar-refractivity contribution in [3.8, 4) is 0 Å². The summed E-state index contributed by atoms with van der Waals surface area (Å²) < 4.78 is 43.3. The number of urea groups is 1. The van der Waals surface area contributed by atoms with Crippen LogP contribution in [0.25, 0.3) is 10.4 Å². The first kappa shape index (κ1) is 52.8. The molecule has 0 aliphatic carbocycles. The molecule has 5 amide bonds. The number of nitrogens with one attached hydrogen (secondary N) is 5. The van der Waals surface area contributed by atoms with Gasteiger partial charge in [0.2, 0.25) is 11.8 Å². The zero-order chi connectivity index (χ0) is 45.3. The predicted molar refractivity (Wildman–Crippen MR) is 229 cm³/mol. The number of hydrogen-bond acceptors (Lipinski definition) is 16. The number of fused-ring (bicyclic) bond motifs is 1. The van der Waals surface area contributed by atoms with Gasteiger partial charge >= 0.3 is 12.1 Å². The molecule has 24 heteroatoms. The van der Waals surface area contributed by atoms with Crippen LogP contribution in [0.2, 0.25) is 0 Å². The number of carbonyl (C=O) groups excluding carboxylic acids is 4.